The molecule has 20 heavy (non-hydrogen) atoms. The summed E-state index contributed by atoms with van der Waals surface area (Å²) >= 11 is 0. The fourth-order valence-corrected chi connectivity index (χ4v) is 4.22. The highest BCUT2D eigenvalue weighted by molar-refractivity contribution is 5.50. The first-order chi connectivity index (χ1) is 9.77. The molecule has 2 bridgehead atoms. The molecule has 1 fully saturated rings. The Labute approximate surface area is 120 Å². The Morgan fingerprint density at radius 3 is 2.55 bits per heavy atom. The third-order valence-corrected chi connectivity index (χ3v) is 5.15. The Bertz CT molecular complexity index is 649. The summed E-state index contributed by atoms with van der Waals surface area (Å²) < 4.78 is 2.25. The Morgan fingerprint density at radius 1 is 1.00 bits per heavy atom. The van der Waals surface area contributed by atoms with Crippen LogP contribution in [0.1, 0.15) is 42.9 Å². The van der Waals surface area contributed by atoms with Gasteiger partial charge in [-0.25, -0.2) is 4.57 Å². The van der Waals surface area contributed by atoms with Crippen molar-refractivity contribution in [2.75, 3.05) is 4.90 Å². The summed E-state index contributed by atoms with van der Waals surface area (Å²) in [4.78, 5) is 2.64. The summed E-state index contributed by atoms with van der Waals surface area (Å²) in [5, 5.41) is 0. The first-order valence-corrected chi connectivity index (χ1v) is 7.59. The van der Waals surface area contributed by atoms with E-state index < -0.39 is 0 Å². The van der Waals surface area contributed by atoms with Crippen LogP contribution < -0.4 is 9.47 Å². The standard InChI is InChI=1S/C18H21N2/c1-13-14-10-11-17(16-8-4-3-7-15(14)16)20(13)18-9-5-6-12-19(18)2/h3-9,12-14,17H,10-11H2,1-2H3/q+1. The third-order valence-electron chi connectivity index (χ3n) is 5.15. The zero-order valence-electron chi connectivity index (χ0n) is 12.2. The van der Waals surface area contributed by atoms with Gasteiger partial charge in [0.1, 0.15) is 12.1 Å². The van der Waals surface area contributed by atoms with E-state index in [2.05, 4.69) is 72.1 Å². The molecule has 3 atom stereocenters. The minimum Gasteiger partial charge on any atom is -0.252 e. The van der Waals surface area contributed by atoms with Crippen molar-refractivity contribution in [2.24, 2.45) is 7.05 Å². The predicted octanol–water partition coefficient (Wildman–Crippen LogP) is 3.34. The van der Waals surface area contributed by atoms with Crippen LogP contribution in [0.5, 0.6) is 0 Å². The molecule has 2 aliphatic heterocycles. The lowest BCUT2D eigenvalue weighted by Gasteiger charge is -2.47. The Morgan fingerprint density at radius 2 is 1.75 bits per heavy atom. The predicted molar refractivity (Wildman–Crippen MR) is 80.7 cm³/mol. The summed E-state index contributed by atoms with van der Waals surface area (Å²) in [6.07, 6.45) is 4.76. The highest BCUT2D eigenvalue weighted by atomic mass is 15.3. The van der Waals surface area contributed by atoms with Crippen LogP contribution in [0.25, 0.3) is 0 Å². The van der Waals surface area contributed by atoms with Gasteiger partial charge in [0.25, 0.3) is 5.82 Å². The number of pyridine rings is 1. The van der Waals surface area contributed by atoms with Crippen molar-refractivity contribution in [3.63, 3.8) is 0 Å². The van der Waals surface area contributed by atoms with Crippen molar-refractivity contribution in [3.05, 3.63) is 59.8 Å². The molecule has 3 aliphatic rings. The molecule has 1 aromatic heterocycles. The maximum atomic E-state index is 2.64. The van der Waals surface area contributed by atoms with Crippen molar-refractivity contribution >= 4 is 5.82 Å². The highest BCUT2D eigenvalue weighted by Gasteiger charge is 2.48. The minimum atomic E-state index is 0.541. The topological polar surface area (TPSA) is 7.12 Å². The highest BCUT2D eigenvalue weighted by Crippen LogP contribution is 2.50. The van der Waals surface area contributed by atoms with Crippen molar-refractivity contribution in [1.82, 2.24) is 0 Å². The lowest BCUT2D eigenvalue weighted by molar-refractivity contribution is -0.659. The van der Waals surface area contributed by atoms with Gasteiger partial charge in [-0.3, -0.25) is 4.90 Å². The molecule has 2 aromatic rings. The Kier molecular flexibility index (Phi) is 2.59. The fraction of sp³-hybridized carbons (Fsp3) is 0.389. The largest absolute Gasteiger partial charge is 0.276 e. The molecule has 0 saturated carbocycles. The molecule has 0 amide bonds. The number of aromatic nitrogens is 1. The molecule has 1 saturated heterocycles. The molecule has 1 aliphatic carbocycles. The van der Waals surface area contributed by atoms with Gasteiger partial charge in [-0.2, -0.15) is 0 Å². The van der Waals surface area contributed by atoms with Gasteiger partial charge < -0.3 is 0 Å². The SMILES string of the molecule is CC1C2CCC(c3ccccc32)N1c1cccc[n+]1C. The van der Waals surface area contributed by atoms with Crippen LogP contribution in [0, 0.1) is 0 Å². The summed E-state index contributed by atoms with van der Waals surface area (Å²) in [6.45, 7) is 2.39. The zero-order valence-corrected chi connectivity index (χ0v) is 12.2. The smallest absolute Gasteiger partial charge is 0.252 e. The van der Waals surface area contributed by atoms with Gasteiger partial charge in [-0.1, -0.05) is 30.3 Å². The molecule has 1 aromatic carbocycles. The number of fused-ring (bicyclic) bond motifs is 2. The number of nitrogens with zero attached hydrogens (tertiary/aromatic N) is 2. The molecule has 3 unspecified atom stereocenters. The second-order valence-corrected chi connectivity index (χ2v) is 6.15. The van der Waals surface area contributed by atoms with Crippen LogP contribution in [0.3, 0.4) is 0 Å². The number of hydrogen-bond acceptors (Lipinski definition) is 1. The minimum absolute atomic E-state index is 0.541. The Balaban J connectivity index is 1.87. The summed E-state index contributed by atoms with van der Waals surface area (Å²) in [7, 11) is 2.15. The van der Waals surface area contributed by atoms with Gasteiger partial charge in [0.15, 0.2) is 0 Å². The monoisotopic (exact) mass is 265 g/mol. The molecule has 0 radical (unpaired) electrons. The number of benzene rings is 1. The number of rotatable bonds is 1. The molecular weight excluding hydrogens is 244 g/mol. The van der Waals surface area contributed by atoms with Crippen LogP contribution in [-0.2, 0) is 7.05 Å². The van der Waals surface area contributed by atoms with E-state index in [-0.39, 0.29) is 0 Å². The number of hydrogen-bond donors (Lipinski definition) is 0. The van der Waals surface area contributed by atoms with E-state index in [4.69, 9.17) is 0 Å². The van der Waals surface area contributed by atoms with E-state index >= 15 is 0 Å². The third kappa shape index (κ3) is 1.54. The van der Waals surface area contributed by atoms with E-state index in [9.17, 15) is 0 Å². The number of anilines is 1. The van der Waals surface area contributed by atoms with Crippen LogP contribution in [0.2, 0.25) is 0 Å². The van der Waals surface area contributed by atoms with Gasteiger partial charge in [0, 0.05) is 12.0 Å². The normalized spacial score (nSPS) is 27.5. The lowest BCUT2D eigenvalue weighted by Crippen LogP contribution is -2.53. The molecule has 102 valence electrons. The van der Waals surface area contributed by atoms with Crippen molar-refractivity contribution in [1.29, 1.82) is 0 Å². The number of piperidine rings is 1. The second kappa shape index (κ2) is 4.34. The second-order valence-electron chi connectivity index (χ2n) is 6.15. The van der Waals surface area contributed by atoms with Crippen LogP contribution in [0.15, 0.2) is 48.7 Å². The van der Waals surface area contributed by atoms with Gasteiger partial charge >= 0.3 is 0 Å². The van der Waals surface area contributed by atoms with Gasteiger partial charge in [0.05, 0.1) is 13.2 Å². The van der Waals surface area contributed by atoms with Gasteiger partial charge in [0.2, 0.25) is 0 Å². The lowest BCUT2D eigenvalue weighted by atomic mass is 9.71. The molecule has 5 rings (SSSR count). The van der Waals surface area contributed by atoms with E-state index in [0.717, 1.165) is 0 Å². The maximum absolute atomic E-state index is 2.64. The zero-order chi connectivity index (χ0) is 13.7. The molecule has 0 N–H and O–H groups in total. The van der Waals surface area contributed by atoms with Crippen molar-refractivity contribution < 1.29 is 4.57 Å². The average Bonchev–Trinajstić information content (AvgIpc) is 2.49. The van der Waals surface area contributed by atoms with E-state index in [1.807, 2.05) is 0 Å². The summed E-state index contributed by atoms with van der Waals surface area (Å²) in [5.74, 6) is 2.01. The van der Waals surface area contributed by atoms with E-state index in [1.54, 1.807) is 11.1 Å². The molecule has 3 heterocycles. The Hall–Kier alpha value is -1.83. The first kappa shape index (κ1) is 12.0. The van der Waals surface area contributed by atoms with Crippen LogP contribution in [0.4, 0.5) is 5.82 Å². The molecule has 2 nitrogen and oxygen atoms in total. The average molecular weight is 265 g/mol. The molecular formula is C18H21N2+. The quantitative estimate of drug-likeness (QED) is 0.717. The number of aryl methyl sites for hydroxylation is 1. The van der Waals surface area contributed by atoms with Gasteiger partial charge in [-0.15, -0.1) is 0 Å². The molecule has 2 heteroatoms. The van der Waals surface area contributed by atoms with Gasteiger partial charge in [-0.05, 0) is 37.0 Å². The maximum Gasteiger partial charge on any atom is 0.276 e. The fourth-order valence-electron chi connectivity index (χ4n) is 4.22. The van der Waals surface area contributed by atoms with Crippen molar-refractivity contribution in [2.45, 2.75) is 37.8 Å². The summed E-state index contributed by atoms with van der Waals surface area (Å²) in [6, 6.07) is 16.7. The van der Waals surface area contributed by atoms with E-state index in [1.165, 1.54) is 18.7 Å². The summed E-state index contributed by atoms with van der Waals surface area (Å²) in [5.41, 5.74) is 3.14. The molecule has 0 spiro atoms. The van der Waals surface area contributed by atoms with E-state index in [0.29, 0.717) is 18.0 Å². The van der Waals surface area contributed by atoms with Crippen molar-refractivity contribution in [3.8, 4) is 0 Å². The first-order valence-electron chi connectivity index (χ1n) is 7.59. The van der Waals surface area contributed by atoms with Crippen LogP contribution >= 0.6 is 0 Å². The van der Waals surface area contributed by atoms with Crippen LogP contribution in [-0.4, -0.2) is 6.04 Å².